The lowest BCUT2D eigenvalue weighted by atomic mass is 9.92. The van der Waals surface area contributed by atoms with Crippen molar-refractivity contribution in [3.05, 3.63) is 51.5 Å². The number of carbonyl (C=O) groups is 1. The quantitative estimate of drug-likeness (QED) is 0.764. The Balaban J connectivity index is 2.48. The van der Waals surface area contributed by atoms with Crippen molar-refractivity contribution < 1.29 is 9.53 Å². The van der Waals surface area contributed by atoms with Gasteiger partial charge >= 0.3 is 5.97 Å². The van der Waals surface area contributed by atoms with Crippen molar-refractivity contribution in [1.82, 2.24) is 0 Å². The van der Waals surface area contributed by atoms with Gasteiger partial charge in [0.05, 0.1) is 6.61 Å². The van der Waals surface area contributed by atoms with Crippen LogP contribution in [0, 0.1) is 0 Å². The van der Waals surface area contributed by atoms with Crippen molar-refractivity contribution in [2.24, 2.45) is 0 Å². The third kappa shape index (κ3) is 3.20. The zero-order chi connectivity index (χ0) is 13.8. The van der Waals surface area contributed by atoms with Gasteiger partial charge < -0.3 is 4.74 Å². The van der Waals surface area contributed by atoms with Crippen LogP contribution in [0.25, 0.3) is 5.57 Å². The number of ether oxygens (including phenoxy) is 1. The van der Waals surface area contributed by atoms with Crippen LogP contribution in [0.2, 0.25) is 5.02 Å². The molecule has 0 amide bonds. The normalized spacial score (nSPS) is 15.2. The molecular formula is C15H14Cl2O2. The molecule has 2 rings (SSSR count). The lowest BCUT2D eigenvalue weighted by molar-refractivity contribution is -0.138. The summed E-state index contributed by atoms with van der Waals surface area (Å²) in [7, 11) is 0. The molecule has 0 N–H and O–H groups in total. The molecule has 4 heteroatoms. The predicted octanol–water partition coefficient (Wildman–Crippen LogP) is 4.57. The molecule has 0 radical (unpaired) electrons. The van der Waals surface area contributed by atoms with Crippen LogP contribution in [-0.2, 0) is 9.53 Å². The van der Waals surface area contributed by atoms with Crippen molar-refractivity contribution in [2.75, 3.05) is 6.61 Å². The highest BCUT2D eigenvalue weighted by atomic mass is 35.5. The van der Waals surface area contributed by atoms with Crippen LogP contribution in [0.5, 0.6) is 0 Å². The Bertz CT molecular complexity index is 542. The smallest absolute Gasteiger partial charge is 0.334 e. The fraction of sp³-hybridized carbons (Fsp3) is 0.267. The molecule has 0 bridgehead atoms. The summed E-state index contributed by atoms with van der Waals surface area (Å²) in [6.45, 7) is 2.15. The van der Waals surface area contributed by atoms with Gasteiger partial charge in [0.15, 0.2) is 0 Å². The minimum atomic E-state index is -0.293. The molecule has 0 atom stereocenters. The topological polar surface area (TPSA) is 26.3 Å². The number of carbonyl (C=O) groups excluding carboxylic acids is 1. The lowest BCUT2D eigenvalue weighted by Gasteiger charge is -2.18. The fourth-order valence-corrected chi connectivity index (χ4v) is 2.52. The third-order valence-corrected chi connectivity index (χ3v) is 3.51. The first kappa shape index (κ1) is 14.2. The molecule has 1 aromatic carbocycles. The molecule has 0 heterocycles. The molecule has 1 aliphatic rings. The largest absolute Gasteiger partial charge is 0.463 e. The van der Waals surface area contributed by atoms with Crippen LogP contribution >= 0.6 is 23.2 Å². The summed E-state index contributed by atoms with van der Waals surface area (Å²) in [5.41, 5.74) is 2.27. The average molecular weight is 297 g/mol. The predicted molar refractivity (Wildman–Crippen MR) is 78.2 cm³/mol. The standard InChI is InChI=1S/C15H14Cl2O2/c1-2-19-15(18)12-4-3-5-13(17)14(12)10-6-8-11(16)9-7-10/h5-9H,2-4H2,1H3. The molecule has 2 nitrogen and oxygen atoms in total. The molecule has 0 spiro atoms. The van der Waals surface area contributed by atoms with Gasteiger partial charge in [-0.15, -0.1) is 0 Å². The molecule has 100 valence electrons. The molecule has 0 aromatic heterocycles. The molecule has 0 saturated carbocycles. The van der Waals surface area contributed by atoms with Gasteiger partial charge in [-0.2, -0.15) is 0 Å². The summed E-state index contributed by atoms with van der Waals surface area (Å²) in [5, 5.41) is 1.24. The van der Waals surface area contributed by atoms with Crippen LogP contribution in [-0.4, -0.2) is 12.6 Å². The molecule has 0 aliphatic heterocycles. The number of benzene rings is 1. The number of halogens is 2. The first-order valence-electron chi connectivity index (χ1n) is 6.15. The Morgan fingerprint density at radius 3 is 2.58 bits per heavy atom. The van der Waals surface area contributed by atoms with Gasteiger partial charge in [-0.05, 0) is 37.5 Å². The Morgan fingerprint density at radius 1 is 1.26 bits per heavy atom. The Labute approximate surface area is 122 Å². The lowest BCUT2D eigenvalue weighted by Crippen LogP contribution is -2.12. The molecule has 1 aromatic rings. The second kappa shape index (κ2) is 6.27. The molecule has 0 fully saturated rings. The van der Waals surface area contributed by atoms with Crippen LogP contribution in [0.1, 0.15) is 25.3 Å². The van der Waals surface area contributed by atoms with E-state index in [1.54, 1.807) is 19.1 Å². The summed E-state index contributed by atoms with van der Waals surface area (Å²) in [5.74, 6) is -0.293. The Hall–Kier alpha value is -1.25. The van der Waals surface area contributed by atoms with E-state index in [9.17, 15) is 4.79 Å². The van der Waals surface area contributed by atoms with Crippen LogP contribution in [0.4, 0.5) is 0 Å². The highest BCUT2D eigenvalue weighted by Gasteiger charge is 2.22. The van der Waals surface area contributed by atoms with Gasteiger partial charge in [-0.25, -0.2) is 4.79 Å². The maximum absolute atomic E-state index is 12.0. The van der Waals surface area contributed by atoms with Crippen LogP contribution < -0.4 is 0 Å². The zero-order valence-corrected chi connectivity index (χ0v) is 12.1. The molecular weight excluding hydrogens is 283 g/mol. The Morgan fingerprint density at radius 2 is 1.95 bits per heavy atom. The van der Waals surface area contributed by atoms with Crippen molar-refractivity contribution in [1.29, 1.82) is 0 Å². The van der Waals surface area contributed by atoms with E-state index in [0.717, 1.165) is 17.6 Å². The van der Waals surface area contributed by atoms with E-state index in [0.29, 0.717) is 28.7 Å². The minimum absolute atomic E-state index is 0.293. The highest BCUT2D eigenvalue weighted by molar-refractivity contribution is 6.38. The van der Waals surface area contributed by atoms with E-state index in [1.165, 1.54) is 0 Å². The number of rotatable bonds is 3. The molecule has 0 saturated heterocycles. The second-order valence-electron chi connectivity index (χ2n) is 4.17. The van der Waals surface area contributed by atoms with Gasteiger partial charge in [-0.1, -0.05) is 41.4 Å². The summed E-state index contributed by atoms with van der Waals surface area (Å²) < 4.78 is 5.10. The van der Waals surface area contributed by atoms with Crippen molar-refractivity contribution in [2.45, 2.75) is 19.8 Å². The van der Waals surface area contributed by atoms with Gasteiger partial charge in [0.1, 0.15) is 0 Å². The van der Waals surface area contributed by atoms with Gasteiger partial charge in [0.25, 0.3) is 0 Å². The maximum Gasteiger partial charge on any atom is 0.334 e. The molecule has 1 aliphatic carbocycles. The van der Waals surface area contributed by atoms with E-state index in [-0.39, 0.29) is 5.97 Å². The van der Waals surface area contributed by atoms with Gasteiger partial charge in [-0.3, -0.25) is 0 Å². The summed E-state index contributed by atoms with van der Waals surface area (Å²) in [4.78, 5) is 12.0. The fourth-order valence-electron chi connectivity index (χ4n) is 2.07. The number of hydrogen-bond donors (Lipinski definition) is 0. The third-order valence-electron chi connectivity index (χ3n) is 2.91. The van der Waals surface area contributed by atoms with Gasteiger partial charge in [0.2, 0.25) is 0 Å². The SMILES string of the molecule is CCOC(=O)C1=C(c2ccc(Cl)cc2)C(Cl)=CCC1. The van der Waals surface area contributed by atoms with Gasteiger partial charge in [0, 0.05) is 21.2 Å². The zero-order valence-electron chi connectivity index (χ0n) is 10.6. The number of esters is 1. The van der Waals surface area contributed by atoms with E-state index < -0.39 is 0 Å². The summed E-state index contributed by atoms with van der Waals surface area (Å²) in [6.07, 6.45) is 3.32. The second-order valence-corrected chi connectivity index (χ2v) is 5.02. The van der Waals surface area contributed by atoms with E-state index in [2.05, 4.69) is 0 Å². The van der Waals surface area contributed by atoms with Crippen LogP contribution in [0.15, 0.2) is 40.9 Å². The van der Waals surface area contributed by atoms with Crippen molar-refractivity contribution in [3.8, 4) is 0 Å². The van der Waals surface area contributed by atoms with E-state index in [1.807, 2.05) is 18.2 Å². The number of allylic oxidation sites excluding steroid dienone is 3. The first-order valence-corrected chi connectivity index (χ1v) is 6.91. The van der Waals surface area contributed by atoms with E-state index >= 15 is 0 Å². The number of hydrogen-bond acceptors (Lipinski definition) is 2. The molecule has 19 heavy (non-hydrogen) atoms. The monoisotopic (exact) mass is 296 g/mol. The first-order chi connectivity index (χ1) is 9.13. The highest BCUT2D eigenvalue weighted by Crippen LogP contribution is 2.36. The maximum atomic E-state index is 12.0. The average Bonchev–Trinajstić information content (AvgIpc) is 2.40. The summed E-state index contributed by atoms with van der Waals surface area (Å²) in [6, 6.07) is 7.29. The van der Waals surface area contributed by atoms with Crippen molar-refractivity contribution >= 4 is 34.7 Å². The summed E-state index contributed by atoms with van der Waals surface area (Å²) >= 11 is 12.1. The molecule has 0 unspecified atom stereocenters. The minimum Gasteiger partial charge on any atom is -0.463 e. The van der Waals surface area contributed by atoms with Crippen LogP contribution in [0.3, 0.4) is 0 Å². The van der Waals surface area contributed by atoms with Crippen molar-refractivity contribution in [3.63, 3.8) is 0 Å². The van der Waals surface area contributed by atoms with E-state index in [4.69, 9.17) is 27.9 Å². The Kier molecular flexibility index (Phi) is 4.67.